The van der Waals surface area contributed by atoms with Crippen LogP contribution in [0, 0.1) is 17.8 Å². The molecule has 2 aliphatic carbocycles. The summed E-state index contributed by atoms with van der Waals surface area (Å²) in [6.45, 7) is 2.45. The van der Waals surface area contributed by atoms with Crippen molar-refractivity contribution in [2.24, 2.45) is 17.8 Å². The van der Waals surface area contributed by atoms with Crippen LogP contribution in [0.15, 0.2) is 0 Å². The van der Waals surface area contributed by atoms with E-state index in [0.717, 1.165) is 17.8 Å². The molecule has 2 fully saturated rings. The van der Waals surface area contributed by atoms with E-state index >= 15 is 0 Å². The minimum atomic E-state index is 1.06. The zero-order valence-electron chi connectivity index (χ0n) is 6.97. The molecule has 0 aromatic carbocycles. The van der Waals surface area contributed by atoms with Crippen molar-refractivity contribution < 1.29 is 0 Å². The van der Waals surface area contributed by atoms with Crippen molar-refractivity contribution in [3.8, 4) is 0 Å². The molecule has 2 rings (SSSR count). The SMILES string of the molecule is CC1CC[C@H]2CCCC[C@@H]12. The molecule has 0 aliphatic heterocycles. The maximum absolute atomic E-state index is 2.45. The molecule has 2 aliphatic rings. The van der Waals surface area contributed by atoms with Gasteiger partial charge in [-0.25, -0.2) is 0 Å². The average Bonchev–Trinajstić information content (AvgIpc) is 2.34. The molecule has 1 unspecified atom stereocenters. The highest BCUT2D eigenvalue weighted by Crippen LogP contribution is 2.45. The minimum Gasteiger partial charge on any atom is -0.0622 e. The quantitative estimate of drug-likeness (QED) is 0.482. The molecule has 2 saturated carbocycles. The topological polar surface area (TPSA) is 0 Å². The lowest BCUT2D eigenvalue weighted by Gasteiger charge is -2.27. The van der Waals surface area contributed by atoms with Crippen molar-refractivity contribution >= 4 is 0 Å². The van der Waals surface area contributed by atoms with Gasteiger partial charge in [-0.1, -0.05) is 32.6 Å². The first kappa shape index (κ1) is 6.69. The third-order valence-electron chi connectivity index (χ3n) is 3.69. The lowest BCUT2D eigenvalue weighted by molar-refractivity contribution is 0.238. The highest BCUT2D eigenvalue weighted by Gasteiger charge is 2.34. The second kappa shape index (κ2) is 2.56. The number of hydrogen-bond donors (Lipinski definition) is 0. The molecule has 0 saturated heterocycles. The van der Waals surface area contributed by atoms with Crippen molar-refractivity contribution in [3.05, 3.63) is 0 Å². The molecule has 0 heteroatoms. The van der Waals surface area contributed by atoms with Crippen LogP contribution in [0.25, 0.3) is 0 Å². The molecular formula is C10H18. The predicted octanol–water partition coefficient (Wildman–Crippen LogP) is 3.22. The molecule has 0 aromatic rings. The van der Waals surface area contributed by atoms with Crippen molar-refractivity contribution in [2.75, 3.05) is 0 Å². The molecule has 0 nitrogen and oxygen atoms in total. The molecule has 0 aromatic heterocycles. The fraction of sp³-hybridized carbons (Fsp3) is 1.00. The summed E-state index contributed by atoms with van der Waals surface area (Å²) in [5.74, 6) is 3.34. The Balaban J connectivity index is 2.01. The summed E-state index contributed by atoms with van der Waals surface area (Å²) >= 11 is 0. The smallest absolute Gasteiger partial charge is 0.0360 e. The van der Waals surface area contributed by atoms with Gasteiger partial charge in [0.2, 0.25) is 0 Å². The molecule has 0 bridgehead atoms. The van der Waals surface area contributed by atoms with Crippen LogP contribution in [0.2, 0.25) is 0 Å². The number of rotatable bonds is 0. The van der Waals surface area contributed by atoms with E-state index in [9.17, 15) is 0 Å². The van der Waals surface area contributed by atoms with E-state index in [1.807, 2.05) is 0 Å². The van der Waals surface area contributed by atoms with Gasteiger partial charge in [0.05, 0.1) is 0 Å². The van der Waals surface area contributed by atoms with Gasteiger partial charge < -0.3 is 0 Å². The van der Waals surface area contributed by atoms with Crippen LogP contribution in [-0.4, -0.2) is 0 Å². The van der Waals surface area contributed by atoms with Gasteiger partial charge in [0.1, 0.15) is 0 Å². The van der Waals surface area contributed by atoms with Gasteiger partial charge in [-0.3, -0.25) is 0 Å². The van der Waals surface area contributed by atoms with Crippen molar-refractivity contribution in [3.63, 3.8) is 0 Å². The van der Waals surface area contributed by atoms with Gasteiger partial charge in [-0.15, -0.1) is 0 Å². The molecular weight excluding hydrogens is 120 g/mol. The van der Waals surface area contributed by atoms with Crippen molar-refractivity contribution in [1.29, 1.82) is 0 Å². The monoisotopic (exact) mass is 138 g/mol. The number of hydrogen-bond acceptors (Lipinski definition) is 0. The fourth-order valence-electron chi connectivity index (χ4n) is 3.03. The Labute approximate surface area is 64.0 Å². The molecule has 10 heavy (non-hydrogen) atoms. The second-order valence-corrected chi connectivity index (χ2v) is 4.26. The van der Waals surface area contributed by atoms with Crippen LogP contribution in [0.1, 0.15) is 45.4 Å². The van der Waals surface area contributed by atoms with E-state index < -0.39 is 0 Å². The second-order valence-electron chi connectivity index (χ2n) is 4.26. The largest absolute Gasteiger partial charge is 0.0622 e. The summed E-state index contributed by atoms with van der Waals surface area (Å²) in [6, 6.07) is 0. The summed E-state index contributed by atoms with van der Waals surface area (Å²) in [6.07, 6.45) is 9.21. The first-order chi connectivity index (χ1) is 4.88. The molecule has 0 heterocycles. The Hall–Kier alpha value is 0. The molecule has 0 spiro atoms. The van der Waals surface area contributed by atoms with Crippen LogP contribution < -0.4 is 0 Å². The number of fused-ring (bicyclic) bond motifs is 1. The van der Waals surface area contributed by atoms with Crippen LogP contribution in [0.5, 0.6) is 0 Å². The minimum absolute atomic E-state index is 1.06. The predicted molar refractivity (Wildman–Crippen MR) is 43.8 cm³/mol. The molecule has 58 valence electrons. The highest BCUT2D eigenvalue weighted by molar-refractivity contribution is 4.85. The average molecular weight is 138 g/mol. The molecule has 0 amide bonds. The van der Waals surface area contributed by atoms with Gasteiger partial charge in [-0.2, -0.15) is 0 Å². The van der Waals surface area contributed by atoms with E-state index in [0.29, 0.717) is 0 Å². The standard InChI is InChI=1S/C10H18/c1-8-6-7-9-4-2-3-5-10(8)9/h8-10H,2-7H2,1H3/t8?,9-,10+/m1/s1. The Morgan fingerprint density at radius 3 is 2.50 bits per heavy atom. The Kier molecular flexibility index (Phi) is 1.71. The summed E-state index contributed by atoms with van der Waals surface area (Å²) in [4.78, 5) is 0. The van der Waals surface area contributed by atoms with Crippen molar-refractivity contribution in [1.82, 2.24) is 0 Å². The third-order valence-corrected chi connectivity index (χ3v) is 3.69. The highest BCUT2D eigenvalue weighted by atomic mass is 14.4. The lowest BCUT2D eigenvalue weighted by Crippen LogP contribution is -2.17. The van der Waals surface area contributed by atoms with E-state index in [1.54, 1.807) is 19.3 Å². The van der Waals surface area contributed by atoms with E-state index in [1.165, 1.54) is 19.3 Å². The fourth-order valence-corrected chi connectivity index (χ4v) is 3.03. The van der Waals surface area contributed by atoms with Crippen LogP contribution >= 0.6 is 0 Å². The zero-order valence-corrected chi connectivity index (χ0v) is 6.97. The first-order valence-corrected chi connectivity index (χ1v) is 4.88. The first-order valence-electron chi connectivity index (χ1n) is 4.88. The molecule has 3 atom stereocenters. The van der Waals surface area contributed by atoms with Gasteiger partial charge in [0.15, 0.2) is 0 Å². The Bertz CT molecular complexity index is 115. The summed E-state index contributed by atoms with van der Waals surface area (Å²) in [5, 5.41) is 0. The van der Waals surface area contributed by atoms with E-state index in [2.05, 4.69) is 6.92 Å². The molecule has 0 radical (unpaired) electrons. The van der Waals surface area contributed by atoms with Crippen molar-refractivity contribution in [2.45, 2.75) is 45.4 Å². The van der Waals surface area contributed by atoms with Gasteiger partial charge in [-0.05, 0) is 30.6 Å². The normalized spacial score (nSPS) is 47.1. The maximum atomic E-state index is 2.45. The lowest BCUT2D eigenvalue weighted by atomic mass is 9.79. The van der Waals surface area contributed by atoms with Gasteiger partial charge >= 0.3 is 0 Å². The van der Waals surface area contributed by atoms with E-state index in [-0.39, 0.29) is 0 Å². The Morgan fingerprint density at radius 1 is 0.900 bits per heavy atom. The maximum Gasteiger partial charge on any atom is -0.0360 e. The van der Waals surface area contributed by atoms with Crippen LogP contribution in [0.3, 0.4) is 0 Å². The van der Waals surface area contributed by atoms with E-state index in [4.69, 9.17) is 0 Å². The summed E-state index contributed by atoms with van der Waals surface area (Å²) < 4.78 is 0. The zero-order chi connectivity index (χ0) is 6.97. The van der Waals surface area contributed by atoms with Crippen LogP contribution in [0.4, 0.5) is 0 Å². The van der Waals surface area contributed by atoms with Gasteiger partial charge in [0, 0.05) is 0 Å². The summed E-state index contributed by atoms with van der Waals surface area (Å²) in [5.41, 5.74) is 0. The summed E-state index contributed by atoms with van der Waals surface area (Å²) in [7, 11) is 0. The van der Waals surface area contributed by atoms with Gasteiger partial charge in [0.25, 0.3) is 0 Å². The van der Waals surface area contributed by atoms with Crippen LogP contribution in [-0.2, 0) is 0 Å². The molecule has 0 N–H and O–H groups in total. The Morgan fingerprint density at radius 2 is 1.70 bits per heavy atom. The third kappa shape index (κ3) is 0.980.